The molecule has 240 valence electrons. The van der Waals surface area contributed by atoms with Gasteiger partial charge in [-0.1, -0.05) is 23.2 Å². The fourth-order valence-electron chi connectivity index (χ4n) is 5.95. The molecule has 0 unspecified atom stereocenters. The summed E-state index contributed by atoms with van der Waals surface area (Å²) in [6, 6.07) is 7.32. The number of carbonyl (C=O) groups excluding carboxylic acids is 2. The van der Waals surface area contributed by atoms with Crippen LogP contribution < -0.4 is 20.5 Å². The Labute approximate surface area is 271 Å². The molecule has 2 aromatic heterocycles. The van der Waals surface area contributed by atoms with Crippen LogP contribution in [0, 0.1) is 11.7 Å². The molecule has 14 heteroatoms. The minimum Gasteiger partial charge on any atom is -0.494 e. The van der Waals surface area contributed by atoms with Crippen molar-refractivity contribution in [1.82, 2.24) is 20.1 Å². The highest BCUT2D eigenvalue weighted by Gasteiger charge is 2.50. The summed E-state index contributed by atoms with van der Waals surface area (Å²) in [7, 11) is 1.44. The molecule has 4 aromatic rings. The molecule has 0 radical (unpaired) electrons. The number of nitrogens with one attached hydrogen (secondary N) is 1. The molecular formula is C32H29Cl2F2N5O5. The van der Waals surface area contributed by atoms with E-state index in [1.807, 2.05) is 0 Å². The van der Waals surface area contributed by atoms with E-state index in [0.29, 0.717) is 53.5 Å². The Hall–Kier alpha value is -4.00. The van der Waals surface area contributed by atoms with E-state index in [1.165, 1.54) is 30.0 Å². The van der Waals surface area contributed by atoms with Crippen LogP contribution in [-0.2, 0) is 21.6 Å². The van der Waals surface area contributed by atoms with E-state index in [1.54, 1.807) is 25.3 Å². The smallest absolute Gasteiger partial charge is 0.251 e. The van der Waals surface area contributed by atoms with Gasteiger partial charge in [0.05, 0.1) is 29.4 Å². The van der Waals surface area contributed by atoms with Crippen LogP contribution in [-0.4, -0.2) is 51.9 Å². The number of hydrogen-bond donors (Lipinski definition) is 3. The molecule has 2 saturated carbocycles. The van der Waals surface area contributed by atoms with E-state index >= 15 is 0 Å². The number of nitrogens with two attached hydrogens (primary N) is 1. The van der Waals surface area contributed by atoms with Gasteiger partial charge in [0.1, 0.15) is 40.3 Å². The molecule has 2 amide bonds. The number of alkyl halides is 1. The SMILES string of the molecule is COc1cc(C(=O)NC[C@](O)(c2cc3c(c(-c4cc(Cl)c(F)c(Cl)c4)n2)OC[C@]3(C)C(N)=O)C2CC2)cc2cn(C3(F)CC3)nc12. The molecule has 46 heavy (non-hydrogen) atoms. The number of aliphatic hydroxyl groups is 1. The first kappa shape index (κ1) is 30.6. The summed E-state index contributed by atoms with van der Waals surface area (Å²) < 4.78 is 41.7. The minimum absolute atomic E-state index is 0.0819. The minimum atomic E-state index is -1.68. The number of carbonyl (C=O) groups is 2. The fraction of sp³-hybridized carbons (Fsp3) is 0.375. The molecule has 4 N–H and O–H groups in total. The van der Waals surface area contributed by atoms with Crippen molar-refractivity contribution in [2.45, 2.75) is 49.4 Å². The lowest BCUT2D eigenvalue weighted by molar-refractivity contribution is -0.123. The van der Waals surface area contributed by atoms with Crippen molar-refractivity contribution in [3.8, 4) is 22.8 Å². The molecule has 3 heterocycles. The molecule has 3 aliphatic rings. The zero-order valence-electron chi connectivity index (χ0n) is 24.8. The molecule has 0 spiro atoms. The summed E-state index contributed by atoms with van der Waals surface area (Å²) in [4.78, 5) is 30.9. The average Bonchev–Trinajstić information content (AvgIpc) is 3.95. The zero-order valence-corrected chi connectivity index (χ0v) is 26.3. The van der Waals surface area contributed by atoms with Gasteiger partial charge in [0, 0.05) is 41.1 Å². The number of aromatic nitrogens is 3. The number of fused-ring (bicyclic) bond motifs is 2. The van der Waals surface area contributed by atoms with Crippen LogP contribution in [0.4, 0.5) is 8.78 Å². The average molecular weight is 673 g/mol. The van der Waals surface area contributed by atoms with Gasteiger partial charge >= 0.3 is 0 Å². The van der Waals surface area contributed by atoms with Crippen LogP contribution in [0.1, 0.15) is 54.2 Å². The second-order valence-corrected chi connectivity index (χ2v) is 13.3. The number of amides is 2. The third-order valence-corrected chi connectivity index (χ3v) is 9.77. The van der Waals surface area contributed by atoms with Crippen LogP contribution in [0.3, 0.4) is 0 Å². The number of halogens is 4. The van der Waals surface area contributed by atoms with Crippen molar-refractivity contribution in [2.24, 2.45) is 11.7 Å². The quantitative estimate of drug-likeness (QED) is 0.209. The molecule has 7 rings (SSSR count). The fourth-order valence-corrected chi connectivity index (χ4v) is 6.43. The summed E-state index contributed by atoms with van der Waals surface area (Å²) >= 11 is 12.2. The number of primary amides is 1. The predicted molar refractivity (Wildman–Crippen MR) is 165 cm³/mol. The Morgan fingerprint density at radius 3 is 2.52 bits per heavy atom. The lowest BCUT2D eigenvalue weighted by Gasteiger charge is -2.30. The van der Waals surface area contributed by atoms with E-state index < -0.39 is 34.4 Å². The van der Waals surface area contributed by atoms with E-state index in [-0.39, 0.29) is 51.8 Å². The molecule has 2 fully saturated rings. The summed E-state index contributed by atoms with van der Waals surface area (Å²) in [5.41, 5.74) is 4.52. The monoisotopic (exact) mass is 671 g/mol. The van der Waals surface area contributed by atoms with Gasteiger partial charge in [0.15, 0.2) is 5.82 Å². The number of hydrogen-bond acceptors (Lipinski definition) is 7. The maximum atomic E-state index is 14.7. The van der Waals surface area contributed by atoms with Crippen molar-refractivity contribution >= 4 is 45.9 Å². The molecule has 2 aromatic carbocycles. The van der Waals surface area contributed by atoms with E-state index in [4.69, 9.17) is 43.4 Å². The topological polar surface area (TPSA) is 142 Å². The second kappa shape index (κ2) is 10.5. The van der Waals surface area contributed by atoms with Crippen molar-refractivity contribution in [2.75, 3.05) is 20.3 Å². The van der Waals surface area contributed by atoms with Gasteiger partial charge in [0.2, 0.25) is 11.7 Å². The Morgan fingerprint density at radius 2 is 1.91 bits per heavy atom. The van der Waals surface area contributed by atoms with E-state index in [0.717, 1.165) is 0 Å². The highest BCUT2D eigenvalue weighted by Crippen LogP contribution is 2.50. The third-order valence-electron chi connectivity index (χ3n) is 9.22. The Kier molecular flexibility index (Phi) is 7.00. The zero-order chi connectivity index (χ0) is 32.8. The number of rotatable bonds is 9. The van der Waals surface area contributed by atoms with Crippen molar-refractivity contribution < 1.29 is 33.0 Å². The van der Waals surface area contributed by atoms with Crippen LogP contribution in [0.15, 0.2) is 36.5 Å². The molecule has 10 nitrogen and oxygen atoms in total. The maximum absolute atomic E-state index is 14.7. The van der Waals surface area contributed by atoms with Gasteiger partial charge in [-0.05, 0) is 56.0 Å². The van der Waals surface area contributed by atoms with Gasteiger partial charge in [-0.3, -0.25) is 9.59 Å². The molecule has 1 aliphatic heterocycles. The largest absolute Gasteiger partial charge is 0.494 e. The molecule has 2 aliphatic carbocycles. The van der Waals surface area contributed by atoms with Gasteiger partial charge in [0.25, 0.3) is 5.91 Å². The van der Waals surface area contributed by atoms with Crippen LogP contribution in [0.5, 0.6) is 11.5 Å². The standard InChI is InChI=1S/C32H29Cl2F2N5O5/c1-30(29(37)43)14-46-27-19(30)11-23(39-26(27)15-8-20(33)24(35)21(34)9-15)32(44,18-3-4-18)13-38-28(42)16-7-17-12-41(31(36)5-6-31)40-25(17)22(10-16)45-2/h7-12,18,44H,3-6,13-14H2,1-2H3,(H2,37,43)(H,38,42)/t30-,32+/m0/s1. The number of pyridine rings is 1. The molecular weight excluding hydrogens is 643 g/mol. The third kappa shape index (κ3) is 4.85. The van der Waals surface area contributed by atoms with Crippen LogP contribution in [0.2, 0.25) is 10.0 Å². The molecule has 0 bridgehead atoms. The van der Waals surface area contributed by atoms with Crippen molar-refractivity contribution in [3.63, 3.8) is 0 Å². The van der Waals surface area contributed by atoms with E-state index in [2.05, 4.69) is 10.4 Å². The Bertz CT molecular complexity index is 1940. The van der Waals surface area contributed by atoms with Gasteiger partial charge in [-0.2, -0.15) is 5.10 Å². The first-order valence-electron chi connectivity index (χ1n) is 14.7. The first-order chi connectivity index (χ1) is 21.8. The Balaban J connectivity index is 1.27. The van der Waals surface area contributed by atoms with Crippen LogP contribution in [0.25, 0.3) is 22.2 Å². The maximum Gasteiger partial charge on any atom is 0.251 e. The summed E-state index contributed by atoms with van der Waals surface area (Å²) in [5, 5.41) is 19.4. The lowest BCUT2D eigenvalue weighted by Crippen LogP contribution is -2.44. The lowest BCUT2D eigenvalue weighted by atomic mass is 9.81. The highest BCUT2D eigenvalue weighted by atomic mass is 35.5. The van der Waals surface area contributed by atoms with Crippen LogP contribution >= 0.6 is 23.2 Å². The molecule has 0 saturated heterocycles. The van der Waals surface area contributed by atoms with Crippen molar-refractivity contribution in [1.29, 1.82) is 0 Å². The second-order valence-electron chi connectivity index (χ2n) is 12.5. The Morgan fingerprint density at radius 1 is 1.22 bits per heavy atom. The summed E-state index contributed by atoms with van der Waals surface area (Å²) in [5.74, 6) is -3.25. The predicted octanol–water partition coefficient (Wildman–Crippen LogP) is 5.13. The normalized spacial score (nSPS) is 20.9. The number of methoxy groups -OCH3 is 1. The van der Waals surface area contributed by atoms with Crippen molar-refractivity contribution in [3.05, 3.63) is 69.2 Å². The van der Waals surface area contributed by atoms with Gasteiger partial charge in [-0.25, -0.2) is 18.4 Å². The van der Waals surface area contributed by atoms with E-state index in [9.17, 15) is 23.5 Å². The summed E-state index contributed by atoms with van der Waals surface area (Å²) in [6.07, 6.45) is 3.58. The van der Waals surface area contributed by atoms with Gasteiger partial charge < -0.3 is 25.6 Å². The number of ether oxygens (including phenoxy) is 2. The summed E-state index contributed by atoms with van der Waals surface area (Å²) in [6.45, 7) is 1.30. The first-order valence-corrected chi connectivity index (χ1v) is 15.4. The number of benzene rings is 2. The van der Waals surface area contributed by atoms with Gasteiger partial charge in [-0.15, -0.1) is 0 Å². The highest BCUT2D eigenvalue weighted by molar-refractivity contribution is 6.35. The number of nitrogens with zero attached hydrogens (tertiary/aromatic N) is 3. The molecule has 2 atom stereocenters.